The molecule has 0 saturated heterocycles. The summed E-state index contributed by atoms with van der Waals surface area (Å²) in [6.45, 7) is 1.59. The monoisotopic (exact) mass is 197 g/mol. The van der Waals surface area contributed by atoms with Gasteiger partial charge in [0.25, 0.3) is 0 Å². The second-order valence-corrected chi connectivity index (χ2v) is 2.98. The first kappa shape index (κ1) is 10.3. The first-order valence-electron chi connectivity index (χ1n) is 3.95. The summed E-state index contributed by atoms with van der Waals surface area (Å²) in [5.74, 6) is -2.07. The number of phenols is 2. The maximum absolute atomic E-state index is 10.5. The molecule has 1 aromatic carbocycles. The van der Waals surface area contributed by atoms with Crippen LogP contribution in [0.1, 0.15) is 17.2 Å². The number of carboxylic acid groups (broad SMARTS) is 1. The highest BCUT2D eigenvalue weighted by molar-refractivity contribution is 5.77. The van der Waals surface area contributed by atoms with Gasteiger partial charge in [-0.15, -0.1) is 0 Å². The van der Waals surface area contributed by atoms with Crippen molar-refractivity contribution in [3.8, 4) is 11.5 Å². The Labute approximate surface area is 80.4 Å². The molecule has 0 aliphatic rings. The largest absolute Gasteiger partial charge is 0.504 e. The minimum atomic E-state index is -1.33. The average molecular weight is 197 g/mol. The summed E-state index contributed by atoms with van der Waals surface area (Å²) in [5, 5.41) is 27.3. The molecule has 0 amide bonds. The SMILES string of the molecule is Cc1ccc(C(N)C(=O)O)c(O)c1O. The van der Waals surface area contributed by atoms with E-state index in [2.05, 4.69) is 0 Å². The first-order chi connectivity index (χ1) is 6.45. The van der Waals surface area contributed by atoms with Crippen LogP contribution in [0, 0.1) is 6.92 Å². The van der Waals surface area contributed by atoms with E-state index in [1.165, 1.54) is 12.1 Å². The van der Waals surface area contributed by atoms with Crippen LogP contribution in [0.3, 0.4) is 0 Å². The van der Waals surface area contributed by atoms with Gasteiger partial charge in [0.2, 0.25) is 0 Å². The van der Waals surface area contributed by atoms with Crippen molar-refractivity contribution in [1.82, 2.24) is 0 Å². The Bertz CT molecular complexity index is 375. The summed E-state index contributed by atoms with van der Waals surface area (Å²) in [6, 6.07) is 1.54. The van der Waals surface area contributed by atoms with Crippen LogP contribution in [0.5, 0.6) is 11.5 Å². The average Bonchev–Trinajstić information content (AvgIpc) is 2.13. The zero-order valence-corrected chi connectivity index (χ0v) is 7.56. The summed E-state index contributed by atoms with van der Waals surface area (Å²) in [5.41, 5.74) is 5.75. The molecule has 1 aromatic rings. The van der Waals surface area contributed by atoms with Gasteiger partial charge < -0.3 is 21.1 Å². The zero-order chi connectivity index (χ0) is 10.9. The molecule has 1 unspecified atom stereocenters. The Hall–Kier alpha value is -1.75. The molecule has 0 radical (unpaired) electrons. The molecule has 0 aliphatic heterocycles. The molecule has 5 N–H and O–H groups in total. The lowest BCUT2D eigenvalue weighted by molar-refractivity contribution is -0.138. The highest BCUT2D eigenvalue weighted by Gasteiger charge is 2.20. The number of nitrogens with two attached hydrogens (primary N) is 1. The Morgan fingerprint density at radius 1 is 1.36 bits per heavy atom. The van der Waals surface area contributed by atoms with E-state index in [-0.39, 0.29) is 11.3 Å². The standard InChI is InChI=1S/C9H11NO4/c1-4-2-3-5(6(10)9(13)14)8(12)7(4)11/h2-3,6,11-12H,10H2,1H3,(H,13,14). The van der Waals surface area contributed by atoms with Crippen LogP contribution in [0.15, 0.2) is 12.1 Å². The highest BCUT2D eigenvalue weighted by Crippen LogP contribution is 2.34. The van der Waals surface area contributed by atoms with E-state index >= 15 is 0 Å². The summed E-state index contributed by atoms with van der Waals surface area (Å²) in [4.78, 5) is 10.5. The van der Waals surface area contributed by atoms with Crippen LogP contribution in [0.2, 0.25) is 0 Å². The highest BCUT2D eigenvalue weighted by atomic mass is 16.4. The van der Waals surface area contributed by atoms with Crippen LogP contribution in [-0.2, 0) is 4.79 Å². The van der Waals surface area contributed by atoms with Gasteiger partial charge in [0.15, 0.2) is 11.5 Å². The molecule has 0 bridgehead atoms. The molecule has 76 valence electrons. The van der Waals surface area contributed by atoms with Crippen molar-refractivity contribution in [2.45, 2.75) is 13.0 Å². The molecule has 0 aromatic heterocycles. The van der Waals surface area contributed by atoms with Crippen LogP contribution in [0.4, 0.5) is 0 Å². The predicted molar refractivity (Wildman–Crippen MR) is 49.1 cm³/mol. The van der Waals surface area contributed by atoms with Gasteiger partial charge in [-0.2, -0.15) is 0 Å². The second-order valence-electron chi connectivity index (χ2n) is 2.98. The fourth-order valence-electron chi connectivity index (χ4n) is 1.08. The number of hydrogen-bond donors (Lipinski definition) is 4. The number of phenolic OH excluding ortho intramolecular Hbond substituents is 2. The van der Waals surface area contributed by atoms with Gasteiger partial charge in [0.1, 0.15) is 6.04 Å². The van der Waals surface area contributed by atoms with Gasteiger partial charge in [-0.25, -0.2) is 0 Å². The number of rotatable bonds is 2. The van der Waals surface area contributed by atoms with Crippen molar-refractivity contribution >= 4 is 5.97 Å². The Balaban J connectivity index is 3.24. The molecule has 0 fully saturated rings. The van der Waals surface area contributed by atoms with E-state index in [0.29, 0.717) is 5.56 Å². The van der Waals surface area contributed by atoms with Crippen molar-refractivity contribution in [3.05, 3.63) is 23.3 Å². The van der Waals surface area contributed by atoms with E-state index in [1.807, 2.05) is 0 Å². The summed E-state index contributed by atoms with van der Waals surface area (Å²) < 4.78 is 0. The molecule has 1 rings (SSSR count). The second kappa shape index (κ2) is 3.55. The third-order valence-corrected chi connectivity index (χ3v) is 1.99. The topological polar surface area (TPSA) is 104 Å². The zero-order valence-electron chi connectivity index (χ0n) is 7.56. The molecule has 1 atom stereocenters. The quantitative estimate of drug-likeness (QED) is 0.516. The third-order valence-electron chi connectivity index (χ3n) is 1.99. The van der Waals surface area contributed by atoms with E-state index in [4.69, 9.17) is 10.8 Å². The molecular weight excluding hydrogens is 186 g/mol. The minimum Gasteiger partial charge on any atom is -0.504 e. The number of benzene rings is 1. The smallest absolute Gasteiger partial charge is 0.325 e. The Morgan fingerprint density at radius 2 is 1.93 bits per heavy atom. The normalized spacial score (nSPS) is 12.4. The van der Waals surface area contributed by atoms with E-state index in [1.54, 1.807) is 6.92 Å². The van der Waals surface area contributed by atoms with Crippen LogP contribution in [-0.4, -0.2) is 21.3 Å². The van der Waals surface area contributed by atoms with Crippen LogP contribution < -0.4 is 5.73 Å². The van der Waals surface area contributed by atoms with Gasteiger partial charge in [-0.05, 0) is 12.5 Å². The van der Waals surface area contributed by atoms with Gasteiger partial charge in [-0.3, -0.25) is 4.79 Å². The lowest BCUT2D eigenvalue weighted by Crippen LogP contribution is -2.20. The van der Waals surface area contributed by atoms with E-state index < -0.39 is 17.8 Å². The minimum absolute atomic E-state index is 0.000556. The molecule has 0 heterocycles. The van der Waals surface area contributed by atoms with Crippen molar-refractivity contribution in [3.63, 3.8) is 0 Å². The Morgan fingerprint density at radius 3 is 2.43 bits per heavy atom. The van der Waals surface area contributed by atoms with Crippen molar-refractivity contribution in [2.75, 3.05) is 0 Å². The van der Waals surface area contributed by atoms with Crippen LogP contribution >= 0.6 is 0 Å². The maximum atomic E-state index is 10.5. The third kappa shape index (κ3) is 1.62. The number of carboxylic acids is 1. The predicted octanol–water partition coefficient (Wildman–Crippen LogP) is 0.491. The van der Waals surface area contributed by atoms with Crippen molar-refractivity contribution in [1.29, 1.82) is 0 Å². The van der Waals surface area contributed by atoms with Gasteiger partial charge >= 0.3 is 5.97 Å². The number of aryl methyl sites for hydroxylation is 1. The van der Waals surface area contributed by atoms with Gasteiger partial charge in [0.05, 0.1) is 0 Å². The fourth-order valence-corrected chi connectivity index (χ4v) is 1.08. The lowest BCUT2D eigenvalue weighted by atomic mass is 10.0. The molecule has 0 aliphatic carbocycles. The van der Waals surface area contributed by atoms with Crippen molar-refractivity contribution < 1.29 is 20.1 Å². The number of hydrogen-bond acceptors (Lipinski definition) is 4. The Kier molecular flexibility index (Phi) is 2.62. The fraction of sp³-hybridized carbons (Fsp3) is 0.222. The lowest BCUT2D eigenvalue weighted by Gasteiger charge is -2.11. The summed E-state index contributed by atoms with van der Waals surface area (Å²) >= 11 is 0. The first-order valence-corrected chi connectivity index (χ1v) is 3.95. The number of carbonyl (C=O) groups is 1. The van der Waals surface area contributed by atoms with E-state index in [0.717, 1.165) is 0 Å². The van der Waals surface area contributed by atoms with Crippen molar-refractivity contribution in [2.24, 2.45) is 5.73 Å². The summed E-state index contributed by atoms with van der Waals surface area (Å²) in [7, 11) is 0. The van der Waals surface area contributed by atoms with E-state index in [9.17, 15) is 15.0 Å². The number of aliphatic carboxylic acids is 1. The molecule has 0 spiro atoms. The molecule has 14 heavy (non-hydrogen) atoms. The van der Waals surface area contributed by atoms with Gasteiger partial charge in [-0.1, -0.05) is 12.1 Å². The number of aromatic hydroxyl groups is 2. The summed E-state index contributed by atoms with van der Waals surface area (Å²) in [6.07, 6.45) is 0. The molecule has 0 saturated carbocycles. The molecular formula is C9H11NO4. The maximum Gasteiger partial charge on any atom is 0.325 e. The van der Waals surface area contributed by atoms with Gasteiger partial charge in [0, 0.05) is 5.56 Å². The molecule has 5 heteroatoms. The molecule has 5 nitrogen and oxygen atoms in total. The van der Waals surface area contributed by atoms with Crippen LogP contribution in [0.25, 0.3) is 0 Å².